The van der Waals surface area contributed by atoms with Crippen LogP contribution in [-0.2, 0) is 4.79 Å². The maximum atomic E-state index is 12.3. The fraction of sp³-hybridized carbons (Fsp3) is 0.562. The largest absolute Gasteiger partial charge is 0.454 e. The monoisotopic (exact) mass is 305 g/mol. The third-order valence-electron chi connectivity index (χ3n) is 4.27. The van der Waals surface area contributed by atoms with E-state index < -0.39 is 0 Å². The molecular formula is C16H23N3O3. The standard InChI is InChI=1S/C16H23N3O3/c1-11(17)13-4-2-3-7-19(13)9-16(20)18-12-5-6-14-15(8-12)22-10-21-14/h5-6,8,11,13H,2-4,7,9-10,17H2,1H3,(H,18,20). The molecule has 120 valence electrons. The maximum Gasteiger partial charge on any atom is 0.238 e. The Balaban J connectivity index is 1.59. The second kappa shape index (κ2) is 6.54. The van der Waals surface area contributed by atoms with Crippen LogP contribution < -0.4 is 20.5 Å². The highest BCUT2D eigenvalue weighted by Gasteiger charge is 2.27. The Morgan fingerprint density at radius 2 is 2.23 bits per heavy atom. The van der Waals surface area contributed by atoms with Crippen molar-refractivity contribution in [3.63, 3.8) is 0 Å². The second-order valence-corrected chi connectivity index (χ2v) is 6.01. The SMILES string of the molecule is CC(N)C1CCCCN1CC(=O)Nc1ccc2c(c1)OCO2. The molecule has 2 aliphatic rings. The van der Waals surface area contributed by atoms with E-state index in [-0.39, 0.29) is 24.8 Å². The van der Waals surface area contributed by atoms with Crippen molar-refractivity contribution in [2.24, 2.45) is 5.73 Å². The van der Waals surface area contributed by atoms with Gasteiger partial charge in [0.05, 0.1) is 6.54 Å². The molecule has 6 nitrogen and oxygen atoms in total. The molecule has 0 bridgehead atoms. The number of nitrogens with one attached hydrogen (secondary N) is 1. The van der Waals surface area contributed by atoms with Crippen molar-refractivity contribution in [3.8, 4) is 11.5 Å². The van der Waals surface area contributed by atoms with Gasteiger partial charge in [0.1, 0.15) is 0 Å². The molecule has 1 saturated heterocycles. The first-order valence-corrected chi connectivity index (χ1v) is 7.82. The fourth-order valence-electron chi connectivity index (χ4n) is 3.17. The zero-order chi connectivity index (χ0) is 15.5. The highest BCUT2D eigenvalue weighted by molar-refractivity contribution is 5.92. The number of carbonyl (C=O) groups is 1. The molecule has 6 heteroatoms. The molecule has 1 aromatic carbocycles. The number of carbonyl (C=O) groups excluding carboxylic acids is 1. The number of hydrogen-bond acceptors (Lipinski definition) is 5. The smallest absolute Gasteiger partial charge is 0.238 e. The van der Waals surface area contributed by atoms with Crippen molar-refractivity contribution in [1.82, 2.24) is 4.90 Å². The van der Waals surface area contributed by atoms with Gasteiger partial charge in [-0.25, -0.2) is 0 Å². The number of hydrogen-bond donors (Lipinski definition) is 2. The minimum Gasteiger partial charge on any atom is -0.454 e. The van der Waals surface area contributed by atoms with Gasteiger partial charge < -0.3 is 20.5 Å². The van der Waals surface area contributed by atoms with Gasteiger partial charge in [0.15, 0.2) is 11.5 Å². The van der Waals surface area contributed by atoms with E-state index in [1.54, 1.807) is 6.07 Å². The lowest BCUT2D eigenvalue weighted by molar-refractivity contribution is -0.118. The summed E-state index contributed by atoms with van der Waals surface area (Å²) in [5.41, 5.74) is 6.77. The predicted molar refractivity (Wildman–Crippen MR) is 84.1 cm³/mol. The molecule has 3 rings (SSSR count). The minimum atomic E-state index is -0.0218. The number of ether oxygens (including phenoxy) is 2. The first kappa shape index (κ1) is 15.1. The highest BCUT2D eigenvalue weighted by atomic mass is 16.7. The Morgan fingerprint density at radius 3 is 3.05 bits per heavy atom. The summed E-state index contributed by atoms with van der Waals surface area (Å²) < 4.78 is 10.6. The number of fused-ring (bicyclic) bond motifs is 1. The van der Waals surface area contributed by atoms with Gasteiger partial charge in [0, 0.05) is 23.8 Å². The molecule has 0 aliphatic carbocycles. The van der Waals surface area contributed by atoms with Crippen LogP contribution in [-0.4, -0.2) is 42.8 Å². The van der Waals surface area contributed by atoms with Crippen LogP contribution in [0.5, 0.6) is 11.5 Å². The molecule has 0 spiro atoms. The summed E-state index contributed by atoms with van der Waals surface area (Å²) in [4.78, 5) is 14.5. The predicted octanol–water partition coefficient (Wildman–Crippen LogP) is 1.56. The van der Waals surface area contributed by atoms with Crippen molar-refractivity contribution >= 4 is 11.6 Å². The maximum absolute atomic E-state index is 12.3. The summed E-state index contributed by atoms with van der Waals surface area (Å²) in [6, 6.07) is 5.79. The van der Waals surface area contributed by atoms with E-state index in [4.69, 9.17) is 15.2 Å². The molecule has 3 N–H and O–H groups in total. The molecule has 1 fully saturated rings. The second-order valence-electron chi connectivity index (χ2n) is 6.01. The Bertz CT molecular complexity index is 547. The third-order valence-corrected chi connectivity index (χ3v) is 4.27. The molecular weight excluding hydrogens is 282 g/mol. The summed E-state index contributed by atoms with van der Waals surface area (Å²) in [5.74, 6) is 1.36. The van der Waals surface area contributed by atoms with Crippen LogP contribution in [0.4, 0.5) is 5.69 Å². The van der Waals surface area contributed by atoms with Crippen molar-refractivity contribution in [2.45, 2.75) is 38.3 Å². The zero-order valence-electron chi connectivity index (χ0n) is 12.9. The van der Waals surface area contributed by atoms with Crippen LogP contribution in [0.2, 0.25) is 0 Å². The van der Waals surface area contributed by atoms with E-state index in [1.165, 1.54) is 6.42 Å². The molecule has 1 amide bonds. The van der Waals surface area contributed by atoms with E-state index >= 15 is 0 Å². The van der Waals surface area contributed by atoms with Crippen LogP contribution in [0.15, 0.2) is 18.2 Å². The fourth-order valence-corrected chi connectivity index (χ4v) is 3.17. The van der Waals surface area contributed by atoms with E-state index in [0.29, 0.717) is 18.0 Å². The number of amides is 1. The van der Waals surface area contributed by atoms with Gasteiger partial charge >= 0.3 is 0 Å². The molecule has 1 aromatic rings. The number of nitrogens with zero attached hydrogens (tertiary/aromatic N) is 1. The highest BCUT2D eigenvalue weighted by Crippen LogP contribution is 2.34. The number of likely N-dealkylation sites (tertiary alicyclic amines) is 1. The Hall–Kier alpha value is -1.79. The van der Waals surface area contributed by atoms with Gasteiger partial charge in [0.2, 0.25) is 12.7 Å². The van der Waals surface area contributed by atoms with Crippen LogP contribution in [0.1, 0.15) is 26.2 Å². The molecule has 0 radical (unpaired) electrons. The Kier molecular flexibility index (Phi) is 4.49. The van der Waals surface area contributed by atoms with Gasteiger partial charge in [0.25, 0.3) is 0 Å². The van der Waals surface area contributed by atoms with E-state index in [1.807, 2.05) is 19.1 Å². The number of benzene rings is 1. The van der Waals surface area contributed by atoms with Crippen molar-refractivity contribution < 1.29 is 14.3 Å². The molecule has 2 heterocycles. The summed E-state index contributed by atoms with van der Waals surface area (Å²) in [6.45, 7) is 3.55. The van der Waals surface area contributed by atoms with Gasteiger partial charge in [-0.15, -0.1) is 0 Å². The average molecular weight is 305 g/mol. The van der Waals surface area contributed by atoms with E-state index in [2.05, 4.69) is 10.2 Å². The Morgan fingerprint density at radius 1 is 1.41 bits per heavy atom. The molecule has 0 aromatic heterocycles. The van der Waals surface area contributed by atoms with Crippen LogP contribution in [0.3, 0.4) is 0 Å². The topological polar surface area (TPSA) is 76.8 Å². The van der Waals surface area contributed by atoms with Crippen molar-refractivity contribution in [3.05, 3.63) is 18.2 Å². The minimum absolute atomic E-state index is 0.0218. The number of nitrogens with two attached hydrogens (primary N) is 1. The first-order chi connectivity index (χ1) is 10.6. The molecule has 22 heavy (non-hydrogen) atoms. The van der Waals surface area contributed by atoms with Crippen LogP contribution >= 0.6 is 0 Å². The zero-order valence-corrected chi connectivity index (χ0v) is 12.9. The van der Waals surface area contributed by atoms with Gasteiger partial charge in [-0.1, -0.05) is 6.42 Å². The number of anilines is 1. The summed E-state index contributed by atoms with van der Waals surface area (Å²) in [5, 5.41) is 2.92. The van der Waals surface area contributed by atoms with Gasteiger partial charge in [-0.3, -0.25) is 9.69 Å². The molecule has 2 atom stereocenters. The normalized spacial score (nSPS) is 22.4. The summed E-state index contributed by atoms with van der Waals surface area (Å²) >= 11 is 0. The summed E-state index contributed by atoms with van der Waals surface area (Å²) in [6.07, 6.45) is 3.38. The first-order valence-electron chi connectivity index (χ1n) is 7.82. The third kappa shape index (κ3) is 3.34. The van der Waals surface area contributed by atoms with Crippen LogP contribution in [0.25, 0.3) is 0 Å². The van der Waals surface area contributed by atoms with Gasteiger partial charge in [-0.2, -0.15) is 0 Å². The summed E-state index contributed by atoms with van der Waals surface area (Å²) in [7, 11) is 0. The van der Waals surface area contributed by atoms with Gasteiger partial charge in [-0.05, 0) is 38.4 Å². The lowest BCUT2D eigenvalue weighted by atomic mass is 9.97. The van der Waals surface area contributed by atoms with E-state index in [9.17, 15) is 4.79 Å². The molecule has 2 aliphatic heterocycles. The quantitative estimate of drug-likeness (QED) is 0.882. The van der Waals surface area contributed by atoms with Crippen molar-refractivity contribution in [2.75, 3.05) is 25.2 Å². The molecule has 0 saturated carbocycles. The average Bonchev–Trinajstić information content (AvgIpc) is 2.95. The number of rotatable bonds is 4. The molecule has 2 unspecified atom stereocenters. The van der Waals surface area contributed by atoms with Crippen molar-refractivity contribution in [1.29, 1.82) is 0 Å². The Labute approximate surface area is 130 Å². The van der Waals surface area contributed by atoms with E-state index in [0.717, 1.165) is 25.1 Å². The number of piperidine rings is 1. The van der Waals surface area contributed by atoms with Crippen LogP contribution in [0, 0.1) is 0 Å². The lowest BCUT2D eigenvalue weighted by Crippen LogP contribution is -2.51. The lowest BCUT2D eigenvalue weighted by Gasteiger charge is -2.37.